The van der Waals surface area contributed by atoms with E-state index in [1.807, 2.05) is 13.0 Å². The summed E-state index contributed by atoms with van der Waals surface area (Å²) < 4.78 is 0.949. The number of unbranched alkanes of at least 4 members (excludes halogenated alkanes) is 1. The Morgan fingerprint density at radius 2 is 2.25 bits per heavy atom. The number of alkyl halides is 1. The third kappa shape index (κ3) is 4.61. The Kier molecular flexibility index (Phi) is 5.98. The molecule has 0 aromatic carbocycles. The van der Waals surface area contributed by atoms with Gasteiger partial charge in [-0.1, -0.05) is 15.9 Å². The molecule has 3 nitrogen and oxygen atoms in total. The largest absolute Gasteiger partial charge is 0.311 e. The Morgan fingerprint density at radius 1 is 1.50 bits per heavy atom. The Balaban J connectivity index is 2.46. The number of pyridine rings is 1. The third-order valence-electron chi connectivity index (χ3n) is 2.10. The molecule has 0 bridgehead atoms. The van der Waals surface area contributed by atoms with Crippen LogP contribution in [0.1, 0.15) is 24.8 Å². The average Bonchev–Trinajstić information content (AvgIpc) is 2.24. The summed E-state index contributed by atoms with van der Waals surface area (Å²) in [7, 11) is 0. The molecule has 0 aliphatic rings. The van der Waals surface area contributed by atoms with Gasteiger partial charge in [0.15, 0.2) is 0 Å². The maximum Gasteiger partial charge on any atom is 0.225 e. The molecule has 16 heavy (non-hydrogen) atoms. The molecule has 1 rings (SSSR count). The molecule has 0 aliphatic heterocycles. The fourth-order valence-electron chi connectivity index (χ4n) is 1.19. The standard InChI is InChI=1S/C11H14Br2N2O/c1-8-6-10(14-7-9(8)13)15-11(16)4-2-3-5-12/h6-7H,2-5H2,1H3,(H,14,15,16). The smallest absolute Gasteiger partial charge is 0.225 e. The highest BCUT2D eigenvalue weighted by molar-refractivity contribution is 9.10. The molecule has 88 valence electrons. The van der Waals surface area contributed by atoms with Crippen LogP contribution in [0.4, 0.5) is 5.82 Å². The summed E-state index contributed by atoms with van der Waals surface area (Å²) in [6.07, 6.45) is 4.15. The summed E-state index contributed by atoms with van der Waals surface area (Å²) in [5.41, 5.74) is 1.06. The number of carbonyl (C=O) groups is 1. The van der Waals surface area contributed by atoms with E-state index in [2.05, 4.69) is 42.2 Å². The van der Waals surface area contributed by atoms with Gasteiger partial charge in [0.25, 0.3) is 0 Å². The number of nitrogens with zero attached hydrogens (tertiary/aromatic N) is 1. The van der Waals surface area contributed by atoms with E-state index in [9.17, 15) is 4.79 Å². The molecule has 0 saturated carbocycles. The van der Waals surface area contributed by atoms with Gasteiger partial charge in [-0.25, -0.2) is 4.98 Å². The lowest BCUT2D eigenvalue weighted by Crippen LogP contribution is -2.12. The lowest BCUT2D eigenvalue weighted by atomic mass is 10.2. The second kappa shape index (κ2) is 7.01. The highest BCUT2D eigenvalue weighted by atomic mass is 79.9. The average molecular weight is 350 g/mol. The zero-order valence-corrected chi connectivity index (χ0v) is 12.3. The summed E-state index contributed by atoms with van der Waals surface area (Å²) in [4.78, 5) is 15.6. The van der Waals surface area contributed by atoms with Crippen LogP contribution >= 0.6 is 31.9 Å². The Labute approximate surface area is 112 Å². The number of nitrogens with one attached hydrogen (secondary N) is 1. The van der Waals surface area contributed by atoms with E-state index in [0.717, 1.165) is 28.2 Å². The van der Waals surface area contributed by atoms with E-state index >= 15 is 0 Å². The second-order valence-electron chi connectivity index (χ2n) is 3.51. The van der Waals surface area contributed by atoms with Crippen LogP contribution in [0.2, 0.25) is 0 Å². The van der Waals surface area contributed by atoms with Gasteiger partial charge >= 0.3 is 0 Å². The van der Waals surface area contributed by atoms with Crippen molar-refractivity contribution in [3.8, 4) is 0 Å². The van der Waals surface area contributed by atoms with Gasteiger partial charge < -0.3 is 5.32 Å². The van der Waals surface area contributed by atoms with Crippen molar-refractivity contribution in [1.29, 1.82) is 0 Å². The van der Waals surface area contributed by atoms with Crippen LogP contribution in [0.5, 0.6) is 0 Å². The van der Waals surface area contributed by atoms with E-state index in [1.54, 1.807) is 6.20 Å². The van der Waals surface area contributed by atoms with Crippen LogP contribution in [0.3, 0.4) is 0 Å². The minimum Gasteiger partial charge on any atom is -0.311 e. The number of halogens is 2. The van der Waals surface area contributed by atoms with Gasteiger partial charge in [-0.2, -0.15) is 0 Å². The number of rotatable bonds is 5. The number of hydrogen-bond donors (Lipinski definition) is 1. The molecular formula is C11H14Br2N2O. The predicted octanol–water partition coefficient (Wildman–Crippen LogP) is 3.66. The van der Waals surface area contributed by atoms with Crippen LogP contribution in [0.15, 0.2) is 16.7 Å². The van der Waals surface area contributed by atoms with Gasteiger partial charge in [-0.3, -0.25) is 4.79 Å². The number of aryl methyl sites for hydroxylation is 1. The van der Waals surface area contributed by atoms with Crippen molar-refractivity contribution in [2.24, 2.45) is 0 Å². The molecule has 0 saturated heterocycles. The first-order chi connectivity index (χ1) is 7.63. The van der Waals surface area contributed by atoms with Crippen molar-refractivity contribution < 1.29 is 4.79 Å². The number of aromatic nitrogens is 1. The van der Waals surface area contributed by atoms with E-state index in [-0.39, 0.29) is 5.91 Å². The van der Waals surface area contributed by atoms with Crippen molar-refractivity contribution in [2.75, 3.05) is 10.6 Å². The molecule has 0 fully saturated rings. The molecule has 1 N–H and O–H groups in total. The number of hydrogen-bond acceptors (Lipinski definition) is 2. The molecular weight excluding hydrogens is 336 g/mol. The SMILES string of the molecule is Cc1cc(NC(=O)CCCCBr)ncc1Br. The minimum absolute atomic E-state index is 0.0233. The Hall–Kier alpha value is -0.420. The minimum atomic E-state index is 0.0233. The molecule has 0 atom stereocenters. The van der Waals surface area contributed by atoms with E-state index in [0.29, 0.717) is 12.2 Å². The summed E-state index contributed by atoms with van der Waals surface area (Å²) in [5.74, 6) is 0.639. The first kappa shape index (κ1) is 13.6. The summed E-state index contributed by atoms with van der Waals surface area (Å²) >= 11 is 6.70. The van der Waals surface area contributed by atoms with Crippen LogP contribution in [-0.4, -0.2) is 16.2 Å². The lowest BCUT2D eigenvalue weighted by molar-refractivity contribution is -0.116. The number of amides is 1. The van der Waals surface area contributed by atoms with Gasteiger partial charge in [0.1, 0.15) is 5.82 Å². The first-order valence-electron chi connectivity index (χ1n) is 5.11. The van der Waals surface area contributed by atoms with Gasteiger partial charge in [-0.05, 0) is 47.3 Å². The molecule has 0 unspecified atom stereocenters. The quantitative estimate of drug-likeness (QED) is 0.651. The van der Waals surface area contributed by atoms with Gasteiger partial charge in [0.05, 0.1) is 0 Å². The number of anilines is 1. The topological polar surface area (TPSA) is 42.0 Å². The fraction of sp³-hybridized carbons (Fsp3) is 0.455. The highest BCUT2D eigenvalue weighted by Gasteiger charge is 2.04. The van der Waals surface area contributed by atoms with Crippen molar-refractivity contribution in [1.82, 2.24) is 4.98 Å². The van der Waals surface area contributed by atoms with Crippen LogP contribution in [0.25, 0.3) is 0 Å². The molecule has 1 amide bonds. The van der Waals surface area contributed by atoms with Crippen molar-refractivity contribution in [2.45, 2.75) is 26.2 Å². The third-order valence-corrected chi connectivity index (χ3v) is 3.49. The maximum absolute atomic E-state index is 11.5. The van der Waals surface area contributed by atoms with Gasteiger partial charge in [0.2, 0.25) is 5.91 Å². The molecule has 0 aliphatic carbocycles. The molecule has 1 aromatic rings. The van der Waals surface area contributed by atoms with Crippen molar-refractivity contribution >= 4 is 43.6 Å². The maximum atomic E-state index is 11.5. The van der Waals surface area contributed by atoms with Crippen LogP contribution in [-0.2, 0) is 4.79 Å². The molecule has 0 spiro atoms. The zero-order chi connectivity index (χ0) is 12.0. The molecule has 1 heterocycles. The van der Waals surface area contributed by atoms with Crippen molar-refractivity contribution in [3.63, 3.8) is 0 Å². The van der Waals surface area contributed by atoms with Gasteiger partial charge in [0, 0.05) is 22.4 Å². The highest BCUT2D eigenvalue weighted by Crippen LogP contribution is 2.17. The summed E-state index contributed by atoms with van der Waals surface area (Å²) in [6.45, 7) is 1.96. The number of carbonyl (C=O) groups excluding carboxylic acids is 1. The molecule has 0 radical (unpaired) electrons. The monoisotopic (exact) mass is 348 g/mol. The zero-order valence-electron chi connectivity index (χ0n) is 9.09. The van der Waals surface area contributed by atoms with Crippen molar-refractivity contribution in [3.05, 3.63) is 22.3 Å². The lowest BCUT2D eigenvalue weighted by Gasteiger charge is -2.05. The normalized spacial score (nSPS) is 10.2. The fourth-order valence-corrected chi connectivity index (χ4v) is 1.81. The van der Waals surface area contributed by atoms with E-state index in [4.69, 9.17) is 0 Å². The molecule has 1 aromatic heterocycles. The Morgan fingerprint density at radius 3 is 2.88 bits per heavy atom. The van der Waals surface area contributed by atoms with E-state index < -0.39 is 0 Å². The second-order valence-corrected chi connectivity index (χ2v) is 5.16. The van der Waals surface area contributed by atoms with E-state index in [1.165, 1.54) is 0 Å². The first-order valence-corrected chi connectivity index (χ1v) is 7.03. The summed E-state index contributed by atoms with van der Waals surface area (Å²) in [6, 6.07) is 1.85. The molecule has 5 heteroatoms. The van der Waals surface area contributed by atoms with Crippen LogP contribution < -0.4 is 5.32 Å². The Bertz CT molecular complexity index is 369. The van der Waals surface area contributed by atoms with Gasteiger partial charge in [-0.15, -0.1) is 0 Å². The predicted molar refractivity (Wildman–Crippen MR) is 72.9 cm³/mol. The summed E-state index contributed by atoms with van der Waals surface area (Å²) in [5, 5.41) is 3.72. The van der Waals surface area contributed by atoms with Crippen LogP contribution in [0, 0.1) is 6.92 Å².